The Bertz CT molecular complexity index is 687. The van der Waals surface area contributed by atoms with Gasteiger partial charge in [0, 0.05) is 31.6 Å². The topological polar surface area (TPSA) is 37.4 Å². The smallest absolute Gasteiger partial charge is 0.146 e. The van der Waals surface area contributed by atoms with Gasteiger partial charge in [-0.3, -0.25) is 0 Å². The second-order valence-electron chi connectivity index (χ2n) is 6.41. The fourth-order valence-corrected chi connectivity index (χ4v) is 3.73. The van der Waals surface area contributed by atoms with Crippen LogP contribution in [0.2, 0.25) is 0 Å². The lowest BCUT2D eigenvalue weighted by molar-refractivity contribution is -0.00539. The first kappa shape index (κ1) is 20.1. The number of nitrogens with one attached hydrogen (secondary N) is 1. The molecule has 0 bridgehead atoms. The van der Waals surface area contributed by atoms with E-state index in [1.165, 1.54) is 0 Å². The van der Waals surface area contributed by atoms with Crippen LogP contribution in [-0.2, 0) is 17.8 Å². The van der Waals surface area contributed by atoms with Gasteiger partial charge in [-0.2, -0.15) is 0 Å². The van der Waals surface area contributed by atoms with E-state index in [-0.39, 0.29) is 30.4 Å². The first-order valence-electron chi connectivity index (χ1n) is 8.32. The molecule has 1 N–H and O–H groups in total. The third-order valence-corrected chi connectivity index (χ3v) is 4.90. The van der Waals surface area contributed by atoms with Gasteiger partial charge in [0.2, 0.25) is 0 Å². The van der Waals surface area contributed by atoms with E-state index in [9.17, 15) is 4.39 Å². The zero-order valence-corrected chi connectivity index (χ0v) is 16.4. The average molecular weight is 386 g/mol. The van der Waals surface area contributed by atoms with E-state index in [0.29, 0.717) is 18.8 Å². The Morgan fingerprint density at radius 2 is 2.00 bits per heavy atom. The van der Waals surface area contributed by atoms with Crippen molar-refractivity contribution in [2.24, 2.45) is 0 Å². The van der Waals surface area contributed by atoms with E-state index in [4.69, 9.17) is 4.74 Å². The van der Waals surface area contributed by atoms with Crippen molar-refractivity contribution in [1.82, 2.24) is 10.3 Å². The molecule has 1 aromatic heterocycles. The van der Waals surface area contributed by atoms with Crippen LogP contribution in [0, 0.1) is 12.7 Å². The molecule has 2 atom stereocenters. The van der Waals surface area contributed by atoms with Gasteiger partial charge in [-0.15, -0.1) is 23.7 Å². The molecule has 0 aliphatic carbocycles. The van der Waals surface area contributed by atoms with Gasteiger partial charge in [-0.05, 0) is 38.5 Å². The number of aromatic nitrogens is 1. The van der Waals surface area contributed by atoms with Gasteiger partial charge in [-0.25, -0.2) is 9.37 Å². The fourth-order valence-electron chi connectivity index (χ4n) is 3.12. The largest absolute Gasteiger partial charge is 0.372 e. The van der Waals surface area contributed by atoms with Crippen molar-refractivity contribution >= 4 is 29.4 Å². The molecule has 138 valence electrons. The highest BCUT2D eigenvalue weighted by Gasteiger charge is 2.24. The maximum Gasteiger partial charge on any atom is 0.146 e. The molecule has 1 fully saturated rings. The molecule has 3 rings (SSSR count). The van der Waals surface area contributed by atoms with Crippen molar-refractivity contribution in [2.75, 3.05) is 18.0 Å². The lowest BCUT2D eigenvalue weighted by atomic mass is 10.1. The van der Waals surface area contributed by atoms with Gasteiger partial charge < -0.3 is 15.0 Å². The highest BCUT2D eigenvalue weighted by molar-refractivity contribution is 7.09. The van der Waals surface area contributed by atoms with Gasteiger partial charge in [-0.1, -0.05) is 6.07 Å². The normalized spacial score (nSPS) is 20.4. The summed E-state index contributed by atoms with van der Waals surface area (Å²) >= 11 is 1.64. The van der Waals surface area contributed by atoms with Crippen molar-refractivity contribution < 1.29 is 9.13 Å². The number of halogens is 2. The molecule has 4 nitrogen and oxygen atoms in total. The molecule has 1 saturated heterocycles. The fraction of sp³-hybridized carbons (Fsp3) is 0.500. The molecule has 2 unspecified atom stereocenters. The molecule has 0 radical (unpaired) electrons. The van der Waals surface area contributed by atoms with Crippen LogP contribution in [-0.4, -0.2) is 30.3 Å². The molecule has 25 heavy (non-hydrogen) atoms. The summed E-state index contributed by atoms with van der Waals surface area (Å²) in [6.07, 6.45) is 0.243. The highest BCUT2D eigenvalue weighted by Crippen LogP contribution is 2.24. The molecule has 0 spiro atoms. The van der Waals surface area contributed by atoms with Crippen LogP contribution >= 0.6 is 23.7 Å². The summed E-state index contributed by atoms with van der Waals surface area (Å²) < 4.78 is 20.2. The van der Waals surface area contributed by atoms with E-state index in [1.54, 1.807) is 17.4 Å². The average Bonchev–Trinajstić information content (AvgIpc) is 2.92. The Kier molecular flexibility index (Phi) is 7.19. The number of rotatable bonds is 5. The summed E-state index contributed by atoms with van der Waals surface area (Å²) in [7, 11) is 0. The lowest BCUT2D eigenvalue weighted by Crippen LogP contribution is -2.45. The first-order chi connectivity index (χ1) is 11.5. The molecule has 0 amide bonds. The standard InChI is InChI=1S/C18H24FN3OS.ClH/c1-12-9-22(10-13(2)23-12)18-5-4-15(6-17(18)19)7-20-8-16-11-24-14(3)21-16;/h4-6,11-13,20H,7-10H2,1-3H3;1H. The van der Waals surface area contributed by atoms with E-state index < -0.39 is 0 Å². The predicted molar refractivity (Wildman–Crippen MR) is 103 cm³/mol. The van der Waals surface area contributed by atoms with Crippen LogP contribution in [0.5, 0.6) is 0 Å². The molecular formula is C18H25ClFN3OS. The second kappa shape index (κ2) is 8.94. The minimum Gasteiger partial charge on any atom is -0.372 e. The van der Waals surface area contributed by atoms with Gasteiger partial charge >= 0.3 is 0 Å². The summed E-state index contributed by atoms with van der Waals surface area (Å²) in [5.74, 6) is -0.167. The first-order valence-corrected chi connectivity index (χ1v) is 9.20. The monoisotopic (exact) mass is 385 g/mol. The van der Waals surface area contributed by atoms with Crippen LogP contribution < -0.4 is 10.2 Å². The number of hydrogen-bond donors (Lipinski definition) is 1. The van der Waals surface area contributed by atoms with E-state index >= 15 is 0 Å². The van der Waals surface area contributed by atoms with Crippen LogP contribution in [0.15, 0.2) is 23.6 Å². The zero-order valence-electron chi connectivity index (χ0n) is 14.8. The van der Waals surface area contributed by atoms with Gasteiger partial charge in [0.15, 0.2) is 0 Å². The predicted octanol–water partition coefficient (Wildman–Crippen LogP) is 3.92. The maximum atomic E-state index is 14.5. The molecule has 0 saturated carbocycles. The molecule has 1 aliphatic heterocycles. The Balaban J connectivity index is 0.00000225. The van der Waals surface area contributed by atoms with Gasteiger partial charge in [0.25, 0.3) is 0 Å². The van der Waals surface area contributed by atoms with Crippen LogP contribution in [0.25, 0.3) is 0 Å². The van der Waals surface area contributed by atoms with Gasteiger partial charge in [0.1, 0.15) is 5.82 Å². The third-order valence-electron chi connectivity index (χ3n) is 4.07. The van der Waals surface area contributed by atoms with Crippen molar-refractivity contribution in [2.45, 2.75) is 46.1 Å². The number of morpholine rings is 1. The Labute approximate surface area is 158 Å². The highest BCUT2D eigenvalue weighted by atomic mass is 35.5. The van der Waals surface area contributed by atoms with Crippen LogP contribution in [0.1, 0.15) is 30.1 Å². The number of thiazole rings is 1. The molecular weight excluding hydrogens is 361 g/mol. The van der Waals surface area contributed by atoms with E-state index in [2.05, 4.69) is 15.2 Å². The molecule has 1 aromatic carbocycles. The maximum absolute atomic E-state index is 14.5. The number of benzene rings is 1. The number of nitrogens with zero attached hydrogens (tertiary/aromatic N) is 2. The minimum absolute atomic E-state index is 0. The summed E-state index contributed by atoms with van der Waals surface area (Å²) in [6, 6.07) is 5.49. The molecule has 2 heterocycles. The van der Waals surface area contributed by atoms with E-state index in [0.717, 1.165) is 29.4 Å². The van der Waals surface area contributed by atoms with Crippen LogP contribution in [0.4, 0.5) is 10.1 Å². The van der Waals surface area contributed by atoms with Crippen molar-refractivity contribution in [3.63, 3.8) is 0 Å². The van der Waals surface area contributed by atoms with Crippen molar-refractivity contribution in [1.29, 1.82) is 0 Å². The quantitative estimate of drug-likeness (QED) is 0.846. The second-order valence-corrected chi connectivity index (χ2v) is 7.47. The number of hydrogen-bond acceptors (Lipinski definition) is 5. The summed E-state index contributed by atoms with van der Waals surface area (Å²) in [6.45, 7) is 8.83. The molecule has 2 aromatic rings. The summed E-state index contributed by atoms with van der Waals surface area (Å²) in [4.78, 5) is 6.49. The van der Waals surface area contributed by atoms with E-state index in [1.807, 2.05) is 38.3 Å². The minimum atomic E-state index is -0.167. The Hall–Kier alpha value is -1.21. The number of anilines is 1. The molecule has 1 aliphatic rings. The lowest BCUT2D eigenvalue weighted by Gasteiger charge is -2.37. The Morgan fingerprint density at radius 1 is 1.28 bits per heavy atom. The van der Waals surface area contributed by atoms with Crippen molar-refractivity contribution in [3.8, 4) is 0 Å². The SMILES string of the molecule is Cc1nc(CNCc2ccc(N3CC(C)OC(C)C3)c(F)c2)cs1.Cl. The third kappa shape index (κ3) is 5.38. The zero-order chi connectivity index (χ0) is 17.1. The summed E-state index contributed by atoms with van der Waals surface area (Å²) in [5, 5.41) is 6.43. The number of ether oxygens (including phenoxy) is 1. The molecule has 7 heteroatoms. The summed E-state index contributed by atoms with van der Waals surface area (Å²) in [5.41, 5.74) is 2.64. The van der Waals surface area contributed by atoms with Crippen LogP contribution in [0.3, 0.4) is 0 Å². The van der Waals surface area contributed by atoms with Gasteiger partial charge in [0.05, 0.1) is 28.6 Å². The van der Waals surface area contributed by atoms with Crippen molar-refractivity contribution in [3.05, 3.63) is 45.7 Å². The Morgan fingerprint density at radius 3 is 2.60 bits per heavy atom. The number of aryl methyl sites for hydroxylation is 1.